The van der Waals surface area contributed by atoms with Gasteiger partial charge in [-0.2, -0.15) is 0 Å². The number of ether oxygens (including phenoxy) is 1. The van der Waals surface area contributed by atoms with E-state index in [1.807, 2.05) is 0 Å². The van der Waals surface area contributed by atoms with E-state index in [0.717, 1.165) is 0 Å². The molecule has 1 heterocycles. The lowest BCUT2D eigenvalue weighted by atomic mass is 10.6. The third kappa shape index (κ3) is 2.61. The summed E-state index contributed by atoms with van der Waals surface area (Å²) < 4.78 is 4.86. The molecule has 0 bridgehead atoms. The zero-order valence-corrected chi connectivity index (χ0v) is 5.73. The molecule has 0 aromatic rings. The summed E-state index contributed by atoms with van der Waals surface area (Å²) in [5.74, 6) is 0. The molecular formula is C6H8N2O3. The molecule has 11 heavy (non-hydrogen) atoms. The molecule has 0 aromatic heterocycles. The third-order valence-electron chi connectivity index (χ3n) is 1.00. The second-order valence-electron chi connectivity index (χ2n) is 1.85. The summed E-state index contributed by atoms with van der Waals surface area (Å²) in [5, 5.41) is 9.60. The van der Waals surface area contributed by atoms with Gasteiger partial charge in [0.2, 0.25) is 0 Å². The van der Waals surface area contributed by atoms with Crippen LogP contribution in [0, 0.1) is 0 Å². The number of hydrogen-bond acceptors (Lipinski definition) is 3. The van der Waals surface area contributed by atoms with Crippen LogP contribution in [0.25, 0.3) is 0 Å². The van der Waals surface area contributed by atoms with Gasteiger partial charge >= 0.3 is 6.09 Å². The van der Waals surface area contributed by atoms with Crippen molar-refractivity contribution in [2.75, 3.05) is 6.73 Å². The second-order valence-corrected chi connectivity index (χ2v) is 1.85. The van der Waals surface area contributed by atoms with E-state index in [0.29, 0.717) is 0 Å². The lowest BCUT2D eigenvalue weighted by molar-refractivity contribution is 0.0870. The number of rotatable bonds is 1. The van der Waals surface area contributed by atoms with Gasteiger partial charge in [0, 0.05) is 6.20 Å². The summed E-state index contributed by atoms with van der Waals surface area (Å²) >= 11 is 0. The quantitative estimate of drug-likeness (QED) is 0.579. The summed E-state index contributed by atoms with van der Waals surface area (Å²) in [7, 11) is 0. The number of carboxylic acid groups (broad SMARTS) is 1. The third-order valence-corrected chi connectivity index (χ3v) is 1.00. The van der Waals surface area contributed by atoms with E-state index in [9.17, 15) is 4.79 Å². The molecule has 0 fully saturated rings. The summed E-state index contributed by atoms with van der Waals surface area (Å²) in [6, 6.07) is 0. The number of allylic oxidation sites excluding steroid dienone is 2. The van der Waals surface area contributed by atoms with Gasteiger partial charge < -0.3 is 9.84 Å². The van der Waals surface area contributed by atoms with Gasteiger partial charge in [0.15, 0.2) is 6.73 Å². The average molecular weight is 156 g/mol. The molecule has 1 amide bonds. The van der Waals surface area contributed by atoms with Gasteiger partial charge in [-0.3, -0.25) is 5.01 Å². The predicted octanol–water partition coefficient (Wildman–Crippen LogP) is 0.486. The van der Waals surface area contributed by atoms with Gasteiger partial charge in [-0.25, -0.2) is 10.2 Å². The minimum Gasteiger partial charge on any atom is -0.479 e. The van der Waals surface area contributed by atoms with E-state index >= 15 is 0 Å². The highest BCUT2D eigenvalue weighted by atomic mass is 16.5. The van der Waals surface area contributed by atoms with E-state index < -0.39 is 6.09 Å². The molecule has 1 aliphatic heterocycles. The van der Waals surface area contributed by atoms with Gasteiger partial charge in [0.25, 0.3) is 0 Å². The number of nitrogens with one attached hydrogen (secondary N) is 1. The fraction of sp³-hybridized carbons (Fsp3) is 0.167. The van der Waals surface area contributed by atoms with E-state index in [2.05, 4.69) is 5.43 Å². The van der Waals surface area contributed by atoms with Crippen LogP contribution in [-0.2, 0) is 4.74 Å². The Balaban J connectivity index is 2.41. The lowest BCUT2D eigenvalue weighted by Crippen LogP contribution is -2.38. The normalized spacial score (nSPS) is 15.5. The maximum Gasteiger partial charge on any atom is 0.423 e. The number of amides is 1. The molecular weight excluding hydrogens is 148 g/mol. The molecule has 60 valence electrons. The molecule has 0 unspecified atom stereocenters. The van der Waals surface area contributed by atoms with E-state index in [-0.39, 0.29) is 6.73 Å². The fourth-order valence-electron chi connectivity index (χ4n) is 0.613. The van der Waals surface area contributed by atoms with Crippen LogP contribution < -0.4 is 5.43 Å². The Morgan fingerprint density at radius 3 is 3.18 bits per heavy atom. The van der Waals surface area contributed by atoms with Gasteiger partial charge in [-0.15, -0.1) is 0 Å². The van der Waals surface area contributed by atoms with E-state index in [1.165, 1.54) is 11.3 Å². The Hall–Kier alpha value is -1.65. The van der Waals surface area contributed by atoms with Crippen LogP contribution in [0.1, 0.15) is 0 Å². The molecule has 0 atom stereocenters. The molecule has 0 spiro atoms. The van der Waals surface area contributed by atoms with Crippen LogP contribution in [0.4, 0.5) is 4.79 Å². The molecule has 5 heteroatoms. The first-order valence-corrected chi connectivity index (χ1v) is 3.00. The maximum absolute atomic E-state index is 10.1. The maximum atomic E-state index is 10.1. The number of hydrazine groups is 1. The van der Waals surface area contributed by atoms with Crippen molar-refractivity contribution in [1.82, 2.24) is 10.4 Å². The Bertz CT molecular complexity index is 200. The molecule has 0 saturated carbocycles. The summed E-state index contributed by atoms with van der Waals surface area (Å²) in [6.07, 6.45) is 5.28. The molecule has 0 aliphatic carbocycles. The Labute approximate surface area is 63.5 Å². The van der Waals surface area contributed by atoms with Crippen molar-refractivity contribution >= 4 is 6.09 Å². The summed E-state index contributed by atoms with van der Waals surface area (Å²) in [6.45, 7) is 0.180. The highest BCUT2D eigenvalue weighted by Gasteiger charge is 2.02. The van der Waals surface area contributed by atoms with Crippen LogP contribution in [-0.4, -0.2) is 22.9 Å². The smallest absolute Gasteiger partial charge is 0.423 e. The number of carbonyl (C=O) groups is 1. The number of hydrogen-bond donors (Lipinski definition) is 2. The zero-order valence-electron chi connectivity index (χ0n) is 5.73. The fourth-order valence-corrected chi connectivity index (χ4v) is 0.613. The van der Waals surface area contributed by atoms with Crippen LogP contribution in [0.5, 0.6) is 0 Å². The average Bonchev–Trinajstić information content (AvgIpc) is 2.14. The molecule has 0 saturated heterocycles. The standard InChI is InChI=1S/C6H8N2O3/c9-6(10)7-8-3-1-2-4-11-5-8/h1-4,7H,5H2,(H,9,10). The first-order chi connectivity index (χ1) is 5.29. The highest BCUT2D eigenvalue weighted by Crippen LogP contribution is 1.93. The van der Waals surface area contributed by atoms with Crippen molar-refractivity contribution in [2.24, 2.45) is 0 Å². The molecule has 2 N–H and O–H groups in total. The van der Waals surface area contributed by atoms with Crippen molar-refractivity contribution in [1.29, 1.82) is 0 Å². The van der Waals surface area contributed by atoms with Crippen molar-refractivity contribution in [3.8, 4) is 0 Å². The largest absolute Gasteiger partial charge is 0.479 e. The minimum absolute atomic E-state index is 0.180. The van der Waals surface area contributed by atoms with Gasteiger partial charge in [0.05, 0.1) is 6.26 Å². The van der Waals surface area contributed by atoms with E-state index in [4.69, 9.17) is 9.84 Å². The second kappa shape index (κ2) is 3.50. The molecule has 5 nitrogen and oxygen atoms in total. The predicted molar refractivity (Wildman–Crippen MR) is 37.2 cm³/mol. The SMILES string of the molecule is O=C(O)NN1C=CC=COC1. The van der Waals surface area contributed by atoms with Crippen molar-refractivity contribution in [2.45, 2.75) is 0 Å². The molecule has 0 radical (unpaired) electrons. The highest BCUT2D eigenvalue weighted by molar-refractivity contribution is 5.63. The van der Waals surface area contributed by atoms with Crippen LogP contribution >= 0.6 is 0 Å². The Morgan fingerprint density at radius 1 is 1.64 bits per heavy atom. The van der Waals surface area contributed by atoms with Crippen molar-refractivity contribution in [3.05, 3.63) is 24.6 Å². The summed E-state index contributed by atoms with van der Waals surface area (Å²) in [4.78, 5) is 10.1. The first-order valence-electron chi connectivity index (χ1n) is 3.00. The minimum atomic E-state index is -1.11. The monoisotopic (exact) mass is 156 g/mol. The molecule has 1 aliphatic rings. The van der Waals surface area contributed by atoms with Crippen molar-refractivity contribution in [3.63, 3.8) is 0 Å². The van der Waals surface area contributed by atoms with Gasteiger partial charge in [-0.05, 0) is 12.2 Å². The Morgan fingerprint density at radius 2 is 2.45 bits per heavy atom. The van der Waals surface area contributed by atoms with Gasteiger partial charge in [0.1, 0.15) is 0 Å². The topological polar surface area (TPSA) is 61.8 Å². The van der Waals surface area contributed by atoms with Crippen LogP contribution in [0.2, 0.25) is 0 Å². The number of nitrogens with zero attached hydrogens (tertiary/aromatic N) is 1. The summed E-state index contributed by atoms with van der Waals surface area (Å²) in [5.41, 5.74) is 2.12. The van der Waals surface area contributed by atoms with Crippen LogP contribution in [0.3, 0.4) is 0 Å². The zero-order chi connectivity index (χ0) is 8.10. The van der Waals surface area contributed by atoms with E-state index in [1.54, 1.807) is 18.4 Å². The lowest BCUT2D eigenvalue weighted by Gasteiger charge is -2.16. The molecule has 1 rings (SSSR count). The van der Waals surface area contributed by atoms with Crippen molar-refractivity contribution < 1.29 is 14.6 Å². The van der Waals surface area contributed by atoms with Gasteiger partial charge in [-0.1, -0.05) is 0 Å². The van der Waals surface area contributed by atoms with Crippen LogP contribution in [0.15, 0.2) is 24.6 Å². The Kier molecular flexibility index (Phi) is 2.37. The first kappa shape index (κ1) is 7.46. The molecule has 0 aromatic carbocycles.